The summed E-state index contributed by atoms with van der Waals surface area (Å²) in [7, 11) is 0. The van der Waals surface area contributed by atoms with Crippen LogP contribution in [0.3, 0.4) is 0 Å². The molecule has 1 aromatic carbocycles. The van der Waals surface area contributed by atoms with Crippen LogP contribution in [0.4, 0.5) is 5.69 Å². The average molecular weight is 290 g/mol. The molecular formula is C14H18N4O3. The lowest BCUT2D eigenvalue weighted by Gasteiger charge is -2.25. The summed E-state index contributed by atoms with van der Waals surface area (Å²) in [5.74, 6) is -1.67. The number of nitrogen functional groups attached to an aromatic ring is 1. The van der Waals surface area contributed by atoms with Gasteiger partial charge in [-0.2, -0.15) is 0 Å². The Balaban J connectivity index is 2.24. The molecule has 1 fully saturated rings. The van der Waals surface area contributed by atoms with E-state index in [0.29, 0.717) is 18.5 Å². The maximum Gasteiger partial charge on any atom is 0.237 e. The second-order valence-corrected chi connectivity index (χ2v) is 5.30. The van der Waals surface area contributed by atoms with E-state index >= 15 is 0 Å². The van der Waals surface area contributed by atoms with Crippen LogP contribution in [0.5, 0.6) is 0 Å². The van der Waals surface area contributed by atoms with Crippen LogP contribution < -0.4 is 17.2 Å². The Morgan fingerprint density at radius 3 is 1.86 bits per heavy atom. The van der Waals surface area contributed by atoms with Crippen molar-refractivity contribution in [3.05, 3.63) is 29.8 Å². The Labute approximate surface area is 122 Å². The molecule has 21 heavy (non-hydrogen) atoms. The van der Waals surface area contributed by atoms with Crippen LogP contribution in [-0.4, -0.2) is 35.7 Å². The standard InChI is InChI=1S/C14H18N4O3/c15-10-3-1-9(2-4-10)14(5-6-14)13(21)18(7-11(16)19)8-12(17)20/h1-4H,5-8,15H2,(H2,16,19)(H2,17,20). The highest BCUT2D eigenvalue weighted by Gasteiger charge is 2.53. The minimum Gasteiger partial charge on any atom is -0.399 e. The van der Waals surface area contributed by atoms with E-state index in [0.717, 1.165) is 10.5 Å². The van der Waals surface area contributed by atoms with Crippen molar-refractivity contribution >= 4 is 23.4 Å². The fraction of sp³-hybridized carbons (Fsp3) is 0.357. The van der Waals surface area contributed by atoms with E-state index in [1.807, 2.05) is 0 Å². The van der Waals surface area contributed by atoms with Crippen molar-refractivity contribution in [1.29, 1.82) is 0 Å². The zero-order valence-corrected chi connectivity index (χ0v) is 11.5. The lowest BCUT2D eigenvalue weighted by atomic mass is 9.94. The zero-order valence-electron chi connectivity index (χ0n) is 11.5. The Bertz CT molecular complexity index is 562. The number of nitrogens with two attached hydrogens (primary N) is 3. The summed E-state index contributed by atoms with van der Waals surface area (Å²) < 4.78 is 0. The molecule has 1 aromatic rings. The van der Waals surface area contributed by atoms with Crippen LogP contribution >= 0.6 is 0 Å². The smallest absolute Gasteiger partial charge is 0.237 e. The molecule has 0 heterocycles. The fourth-order valence-electron chi connectivity index (χ4n) is 2.43. The molecule has 0 radical (unpaired) electrons. The Morgan fingerprint density at radius 2 is 1.48 bits per heavy atom. The molecule has 0 unspecified atom stereocenters. The number of nitrogens with zero attached hydrogens (tertiary/aromatic N) is 1. The molecule has 112 valence electrons. The number of primary amides is 2. The molecule has 1 aliphatic rings. The monoisotopic (exact) mass is 290 g/mol. The van der Waals surface area contributed by atoms with Gasteiger partial charge in [0.1, 0.15) is 0 Å². The summed E-state index contributed by atoms with van der Waals surface area (Å²) in [5, 5.41) is 0. The number of hydrogen-bond acceptors (Lipinski definition) is 4. The highest BCUT2D eigenvalue weighted by Crippen LogP contribution is 2.49. The normalized spacial score (nSPS) is 15.2. The van der Waals surface area contributed by atoms with Crippen molar-refractivity contribution in [3.8, 4) is 0 Å². The number of benzene rings is 1. The van der Waals surface area contributed by atoms with Crippen LogP contribution in [0, 0.1) is 0 Å². The molecule has 2 rings (SSSR count). The first kappa shape index (κ1) is 14.8. The van der Waals surface area contributed by atoms with Gasteiger partial charge in [0, 0.05) is 5.69 Å². The predicted octanol–water partition coefficient (Wildman–Crippen LogP) is -0.900. The molecule has 0 aromatic heterocycles. The predicted molar refractivity (Wildman–Crippen MR) is 76.7 cm³/mol. The van der Waals surface area contributed by atoms with E-state index < -0.39 is 17.2 Å². The van der Waals surface area contributed by atoms with Crippen LogP contribution in [0.2, 0.25) is 0 Å². The number of rotatable bonds is 6. The minimum atomic E-state index is -0.696. The molecule has 6 N–H and O–H groups in total. The molecular weight excluding hydrogens is 272 g/mol. The third-order valence-corrected chi connectivity index (χ3v) is 3.60. The van der Waals surface area contributed by atoms with Gasteiger partial charge in [0.15, 0.2) is 0 Å². The first-order chi connectivity index (χ1) is 9.85. The number of anilines is 1. The van der Waals surface area contributed by atoms with Gasteiger partial charge in [-0.25, -0.2) is 0 Å². The van der Waals surface area contributed by atoms with Gasteiger partial charge in [-0.15, -0.1) is 0 Å². The highest BCUT2D eigenvalue weighted by atomic mass is 16.2. The van der Waals surface area contributed by atoms with Gasteiger partial charge in [-0.05, 0) is 30.5 Å². The first-order valence-corrected chi connectivity index (χ1v) is 6.57. The third kappa shape index (κ3) is 3.13. The van der Waals surface area contributed by atoms with Crippen molar-refractivity contribution in [2.24, 2.45) is 11.5 Å². The van der Waals surface area contributed by atoms with Gasteiger partial charge >= 0.3 is 0 Å². The van der Waals surface area contributed by atoms with Crippen molar-refractivity contribution < 1.29 is 14.4 Å². The summed E-state index contributed by atoms with van der Waals surface area (Å²) >= 11 is 0. The molecule has 0 atom stereocenters. The molecule has 0 saturated heterocycles. The zero-order chi connectivity index (χ0) is 15.6. The molecule has 1 aliphatic carbocycles. The average Bonchev–Trinajstić information content (AvgIpc) is 3.18. The summed E-state index contributed by atoms with van der Waals surface area (Å²) in [6, 6.07) is 7.00. The summed E-state index contributed by atoms with van der Waals surface area (Å²) in [6.45, 7) is -0.642. The van der Waals surface area contributed by atoms with Crippen molar-refractivity contribution in [2.45, 2.75) is 18.3 Å². The number of hydrogen-bond donors (Lipinski definition) is 3. The van der Waals surface area contributed by atoms with Gasteiger partial charge in [0.25, 0.3) is 0 Å². The van der Waals surface area contributed by atoms with E-state index in [2.05, 4.69) is 0 Å². The highest BCUT2D eigenvalue weighted by molar-refractivity contribution is 5.96. The maximum absolute atomic E-state index is 12.7. The molecule has 3 amide bonds. The topological polar surface area (TPSA) is 133 Å². The van der Waals surface area contributed by atoms with Crippen LogP contribution in [0.25, 0.3) is 0 Å². The second-order valence-electron chi connectivity index (χ2n) is 5.30. The summed E-state index contributed by atoms with van der Waals surface area (Å²) in [4.78, 5) is 35.9. The molecule has 0 spiro atoms. The van der Waals surface area contributed by atoms with Crippen LogP contribution in [0.15, 0.2) is 24.3 Å². The maximum atomic E-state index is 12.7. The first-order valence-electron chi connectivity index (χ1n) is 6.57. The van der Waals surface area contributed by atoms with Crippen molar-refractivity contribution in [3.63, 3.8) is 0 Å². The van der Waals surface area contributed by atoms with Gasteiger partial charge < -0.3 is 22.1 Å². The SMILES string of the molecule is NC(=O)CN(CC(N)=O)C(=O)C1(c2ccc(N)cc2)CC1. The van der Waals surface area contributed by atoms with E-state index in [1.54, 1.807) is 24.3 Å². The number of carbonyl (C=O) groups excluding carboxylic acids is 3. The summed E-state index contributed by atoms with van der Waals surface area (Å²) in [6.07, 6.45) is 1.31. The molecule has 0 aliphatic heterocycles. The van der Waals surface area contributed by atoms with Crippen LogP contribution in [0.1, 0.15) is 18.4 Å². The Kier molecular flexibility index (Phi) is 3.84. The van der Waals surface area contributed by atoms with Crippen LogP contribution in [-0.2, 0) is 19.8 Å². The largest absolute Gasteiger partial charge is 0.399 e. The lowest BCUT2D eigenvalue weighted by Crippen LogP contribution is -2.47. The molecule has 0 bridgehead atoms. The fourth-order valence-corrected chi connectivity index (χ4v) is 2.43. The molecule has 1 saturated carbocycles. The Morgan fingerprint density at radius 1 is 1.00 bits per heavy atom. The van der Waals surface area contributed by atoms with Crippen molar-refractivity contribution in [1.82, 2.24) is 4.90 Å². The molecule has 7 heteroatoms. The van der Waals surface area contributed by atoms with E-state index in [9.17, 15) is 14.4 Å². The quantitative estimate of drug-likeness (QED) is 0.585. The minimum absolute atomic E-state index is 0.301. The van der Waals surface area contributed by atoms with Crippen molar-refractivity contribution in [2.75, 3.05) is 18.8 Å². The van der Waals surface area contributed by atoms with Gasteiger partial charge in [-0.1, -0.05) is 12.1 Å². The Hall–Kier alpha value is -2.57. The van der Waals surface area contributed by atoms with E-state index in [1.165, 1.54) is 0 Å². The van der Waals surface area contributed by atoms with E-state index in [-0.39, 0.29) is 19.0 Å². The van der Waals surface area contributed by atoms with Gasteiger partial charge in [0.05, 0.1) is 18.5 Å². The lowest BCUT2D eigenvalue weighted by molar-refractivity contribution is -0.140. The number of carbonyl (C=O) groups is 3. The second kappa shape index (κ2) is 5.43. The van der Waals surface area contributed by atoms with Gasteiger partial charge in [-0.3, -0.25) is 14.4 Å². The van der Waals surface area contributed by atoms with Gasteiger partial charge in [0.2, 0.25) is 17.7 Å². The number of amides is 3. The van der Waals surface area contributed by atoms with E-state index in [4.69, 9.17) is 17.2 Å². The summed E-state index contributed by atoms with van der Waals surface area (Å²) in [5.41, 5.74) is 16.6. The third-order valence-electron chi connectivity index (χ3n) is 3.60. The molecule has 7 nitrogen and oxygen atoms in total.